The average molecular weight is 304 g/mol. The minimum atomic E-state index is -4.48. The van der Waals surface area contributed by atoms with Gasteiger partial charge in [0.2, 0.25) is 0 Å². The molecule has 0 radical (unpaired) electrons. The molecule has 1 amide bonds. The fraction of sp³-hybridized carbons (Fsp3) is 0.571. The zero-order chi connectivity index (χ0) is 16.0. The van der Waals surface area contributed by atoms with Gasteiger partial charge in [-0.2, -0.15) is 13.2 Å². The van der Waals surface area contributed by atoms with Crippen LogP contribution in [0.4, 0.5) is 13.2 Å². The molecule has 7 heteroatoms. The highest BCUT2D eigenvalue weighted by Gasteiger charge is 2.31. The molecule has 118 valence electrons. The Morgan fingerprint density at radius 1 is 1.33 bits per heavy atom. The van der Waals surface area contributed by atoms with Gasteiger partial charge in [-0.15, -0.1) is 0 Å². The second kappa shape index (κ2) is 7.40. The number of hydrogen-bond donors (Lipinski definition) is 1. The number of halogens is 3. The van der Waals surface area contributed by atoms with Crippen molar-refractivity contribution >= 4 is 5.91 Å². The van der Waals surface area contributed by atoms with E-state index in [0.717, 1.165) is 12.1 Å². The van der Waals surface area contributed by atoms with E-state index in [0.29, 0.717) is 19.0 Å². The molecule has 4 nitrogen and oxygen atoms in total. The summed E-state index contributed by atoms with van der Waals surface area (Å²) in [5.74, 6) is -0.466. The number of carbonyl (C=O) groups excluding carboxylic acids is 1. The molecule has 0 bridgehead atoms. The highest BCUT2D eigenvalue weighted by atomic mass is 19.4. The zero-order valence-electron chi connectivity index (χ0n) is 12.0. The van der Waals surface area contributed by atoms with E-state index in [1.807, 2.05) is 13.8 Å². The highest BCUT2D eigenvalue weighted by molar-refractivity contribution is 5.92. The number of aromatic nitrogens is 1. The topological polar surface area (TPSA) is 53.4 Å². The zero-order valence-corrected chi connectivity index (χ0v) is 12.0. The van der Waals surface area contributed by atoms with Crippen LogP contribution in [0.3, 0.4) is 0 Å². The van der Waals surface area contributed by atoms with Crippen LogP contribution in [0.15, 0.2) is 18.3 Å². The van der Waals surface area contributed by atoms with E-state index in [9.17, 15) is 18.0 Å². The molecule has 0 fully saturated rings. The molecule has 0 aliphatic heterocycles. The van der Waals surface area contributed by atoms with Crippen LogP contribution in [-0.4, -0.2) is 40.1 Å². The Kier molecular flexibility index (Phi) is 6.14. The van der Waals surface area contributed by atoms with Gasteiger partial charge in [-0.05, 0) is 25.0 Å². The second-order valence-corrected chi connectivity index (χ2v) is 4.62. The molecule has 21 heavy (non-hydrogen) atoms. The van der Waals surface area contributed by atoms with E-state index in [1.54, 1.807) is 0 Å². The first kappa shape index (κ1) is 17.4. The minimum Gasteiger partial charge on any atom is -0.395 e. The van der Waals surface area contributed by atoms with Gasteiger partial charge in [-0.3, -0.25) is 9.78 Å². The maximum Gasteiger partial charge on any atom is 0.417 e. The number of amides is 1. The fourth-order valence-corrected chi connectivity index (χ4v) is 2.12. The fourth-order valence-electron chi connectivity index (χ4n) is 2.12. The SMILES string of the molecule is CCC(CC)N(CCO)C(=O)c1ccc(C(F)(F)F)cn1. The maximum absolute atomic E-state index is 12.5. The summed E-state index contributed by atoms with van der Waals surface area (Å²) < 4.78 is 37.4. The van der Waals surface area contributed by atoms with Crippen molar-refractivity contribution in [3.8, 4) is 0 Å². The Labute approximate surface area is 121 Å². The molecule has 0 aromatic carbocycles. The third-order valence-corrected chi connectivity index (χ3v) is 3.29. The van der Waals surface area contributed by atoms with Crippen LogP contribution in [0.25, 0.3) is 0 Å². The molecule has 1 aromatic heterocycles. The highest BCUT2D eigenvalue weighted by Crippen LogP contribution is 2.28. The third-order valence-electron chi connectivity index (χ3n) is 3.29. The molecule has 1 heterocycles. The van der Waals surface area contributed by atoms with E-state index in [1.165, 1.54) is 4.90 Å². The normalized spacial score (nSPS) is 11.8. The van der Waals surface area contributed by atoms with Gasteiger partial charge >= 0.3 is 6.18 Å². The molecule has 0 spiro atoms. The lowest BCUT2D eigenvalue weighted by molar-refractivity contribution is -0.137. The number of hydrogen-bond acceptors (Lipinski definition) is 3. The maximum atomic E-state index is 12.5. The van der Waals surface area contributed by atoms with Gasteiger partial charge in [0.05, 0.1) is 12.2 Å². The summed E-state index contributed by atoms with van der Waals surface area (Å²) in [5, 5.41) is 9.06. The number of aliphatic hydroxyl groups is 1. The average Bonchev–Trinajstić information content (AvgIpc) is 2.46. The van der Waals surface area contributed by atoms with Crippen LogP contribution in [0, 0.1) is 0 Å². The van der Waals surface area contributed by atoms with Gasteiger partial charge in [-0.25, -0.2) is 0 Å². The standard InChI is InChI=1S/C14H19F3N2O2/c1-3-11(4-2)19(7-8-20)13(21)12-6-5-10(9-18-12)14(15,16)17/h5-6,9,11,20H,3-4,7-8H2,1-2H3. The van der Waals surface area contributed by atoms with E-state index in [2.05, 4.69) is 4.98 Å². The van der Waals surface area contributed by atoms with Crippen molar-refractivity contribution in [2.45, 2.75) is 38.9 Å². The third kappa shape index (κ3) is 4.42. The van der Waals surface area contributed by atoms with Crippen LogP contribution in [0.5, 0.6) is 0 Å². The quantitative estimate of drug-likeness (QED) is 0.879. The number of nitrogens with zero attached hydrogens (tertiary/aromatic N) is 2. The lowest BCUT2D eigenvalue weighted by Gasteiger charge is -2.29. The summed E-state index contributed by atoms with van der Waals surface area (Å²) in [6.45, 7) is 3.74. The molecule has 0 aliphatic rings. The van der Waals surface area contributed by atoms with Crippen LogP contribution in [0.2, 0.25) is 0 Å². The smallest absolute Gasteiger partial charge is 0.395 e. The van der Waals surface area contributed by atoms with Crippen molar-refractivity contribution in [3.63, 3.8) is 0 Å². The number of alkyl halides is 3. The molecule has 0 saturated carbocycles. The van der Waals surface area contributed by atoms with E-state index in [-0.39, 0.29) is 24.9 Å². The van der Waals surface area contributed by atoms with Gasteiger partial charge in [-0.1, -0.05) is 13.8 Å². The first-order valence-electron chi connectivity index (χ1n) is 6.80. The van der Waals surface area contributed by atoms with Crippen molar-refractivity contribution in [2.75, 3.05) is 13.2 Å². The van der Waals surface area contributed by atoms with Crippen LogP contribution >= 0.6 is 0 Å². The number of aliphatic hydroxyl groups excluding tert-OH is 1. The number of pyridine rings is 1. The predicted molar refractivity (Wildman–Crippen MR) is 71.7 cm³/mol. The summed E-state index contributed by atoms with van der Waals surface area (Å²) in [5.41, 5.74) is -0.946. The summed E-state index contributed by atoms with van der Waals surface area (Å²) in [7, 11) is 0. The van der Waals surface area contributed by atoms with Crippen LogP contribution < -0.4 is 0 Å². The summed E-state index contributed by atoms with van der Waals surface area (Å²) in [6, 6.07) is 1.83. The van der Waals surface area contributed by atoms with Crippen molar-refractivity contribution in [1.29, 1.82) is 0 Å². The van der Waals surface area contributed by atoms with Gasteiger partial charge < -0.3 is 10.0 Å². The first-order chi connectivity index (χ1) is 9.85. The molecule has 1 aromatic rings. The Balaban J connectivity index is 2.98. The van der Waals surface area contributed by atoms with Gasteiger partial charge in [0.15, 0.2) is 0 Å². The van der Waals surface area contributed by atoms with Crippen LogP contribution in [0.1, 0.15) is 42.7 Å². The van der Waals surface area contributed by atoms with Crippen molar-refractivity contribution in [2.24, 2.45) is 0 Å². The van der Waals surface area contributed by atoms with Crippen molar-refractivity contribution in [3.05, 3.63) is 29.6 Å². The van der Waals surface area contributed by atoms with Crippen molar-refractivity contribution in [1.82, 2.24) is 9.88 Å². The largest absolute Gasteiger partial charge is 0.417 e. The lowest BCUT2D eigenvalue weighted by atomic mass is 10.1. The minimum absolute atomic E-state index is 0.0525. The summed E-state index contributed by atoms with van der Waals surface area (Å²) in [6.07, 6.45) is -2.43. The second-order valence-electron chi connectivity index (χ2n) is 4.62. The first-order valence-corrected chi connectivity index (χ1v) is 6.80. The molecule has 0 aliphatic carbocycles. The predicted octanol–water partition coefficient (Wildman–Crippen LogP) is 2.72. The monoisotopic (exact) mass is 304 g/mol. The Hall–Kier alpha value is -1.63. The van der Waals surface area contributed by atoms with Crippen LogP contribution in [-0.2, 0) is 6.18 Å². The summed E-state index contributed by atoms with van der Waals surface area (Å²) >= 11 is 0. The van der Waals surface area contributed by atoms with Gasteiger partial charge in [0.1, 0.15) is 5.69 Å². The van der Waals surface area contributed by atoms with E-state index < -0.39 is 17.6 Å². The lowest BCUT2D eigenvalue weighted by Crippen LogP contribution is -2.42. The molecule has 0 atom stereocenters. The Morgan fingerprint density at radius 3 is 2.33 bits per heavy atom. The Morgan fingerprint density at radius 2 is 1.95 bits per heavy atom. The van der Waals surface area contributed by atoms with Crippen molar-refractivity contribution < 1.29 is 23.1 Å². The molecule has 1 N–H and O–H groups in total. The molecule has 1 rings (SSSR count). The van der Waals surface area contributed by atoms with E-state index in [4.69, 9.17) is 5.11 Å². The summed E-state index contributed by atoms with van der Waals surface area (Å²) in [4.78, 5) is 17.4. The molecular weight excluding hydrogens is 285 g/mol. The molecular formula is C14H19F3N2O2. The Bertz CT molecular complexity index is 456. The number of rotatable bonds is 6. The van der Waals surface area contributed by atoms with E-state index >= 15 is 0 Å². The molecule has 0 saturated heterocycles. The number of carbonyl (C=O) groups is 1. The van der Waals surface area contributed by atoms with Gasteiger partial charge in [0.25, 0.3) is 5.91 Å². The van der Waals surface area contributed by atoms with Gasteiger partial charge in [0, 0.05) is 18.8 Å². The molecule has 0 unspecified atom stereocenters.